The molecular weight excluding hydrogens is 329 g/mol. The van der Waals surface area contributed by atoms with Crippen LogP contribution in [0.25, 0.3) is 6.08 Å². The molecule has 1 amide bonds. The third kappa shape index (κ3) is 5.31. The number of nitro benzene ring substituents is 1. The number of nitro groups is 1. The summed E-state index contributed by atoms with van der Waals surface area (Å²) in [5.74, 6) is -0.871. The Kier molecular flexibility index (Phi) is 6.05. The van der Waals surface area contributed by atoms with Gasteiger partial charge in [-0.05, 0) is 17.2 Å². The Morgan fingerprint density at radius 1 is 1.32 bits per heavy atom. The Labute approximate surface area is 143 Å². The van der Waals surface area contributed by atoms with E-state index in [-0.39, 0.29) is 18.7 Å². The van der Waals surface area contributed by atoms with Gasteiger partial charge in [0.25, 0.3) is 5.69 Å². The smallest absolute Gasteiger partial charge is 0.407 e. The number of hydrogen-bond donors (Lipinski definition) is 2. The molecule has 2 aromatic rings. The van der Waals surface area contributed by atoms with Crippen LogP contribution < -0.4 is 11.1 Å². The molecule has 3 N–H and O–H groups in total. The molecule has 8 heteroatoms. The van der Waals surface area contributed by atoms with Gasteiger partial charge in [-0.2, -0.15) is 0 Å². The van der Waals surface area contributed by atoms with E-state index in [1.165, 1.54) is 12.2 Å². The quantitative estimate of drug-likeness (QED) is 0.475. The maximum absolute atomic E-state index is 13.5. The zero-order chi connectivity index (χ0) is 18.2. The van der Waals surface area contributed by atoms with Crippen LogP contribution in [0.2, 0.25) is 0 Å². The van der Waals surface area contributed by atoms with E-state index in [0.29, 0.717) is 0 Å². The van der Waals surface area contributed by atoms with Crippen LogP contribution >= 0.6 is 0 Å². The van der Waals surface area contributed by atoms with Crippen molar-refractivity contribution in [3.63, 3.8) is 0 Å². The molecule has 0 spiro atoms. The summed E-state index contributed by atoms with van der Waals surface area (Å²) in [5.41, 5.74) is 5.42. The first-order valence-electron chi connectivity index (χ1n) is 7.32. The summed E-state index contributed by atoms with van der Waals surface area (Å²) in [6.45, 7) is 0.263. The van der Waals surface area contributed by atoms with Gasteiger partial charge in [0.05, 0.1) is 4.92 Å². The fraction of sp³-hybridized carbons (Fsp3) is 0.118. The molecule has 0 heterocycles. The largest absolute Gasteiger partial charge is 0.445 e. The molecular formula is C17H16FN3O4. The first-order valence-corrected chi connectivity index (χ1v) is 7.32. The van der Waals surface area contributed by atoms with Gasteiger partial charge in [-0.25, -0.2) is 9.18 Å². The standard InChI is InChI=1S/C17H16FN3O4/c18-14-9-13(10-15(16(14)19)21(23)24)7-4-8-20-17(22)25-11-12-5-2-1-3-6-12/h1-7,9-10H,8,11,19H2,(H,20,22). The zero-order valence-corrected chi connectivity index (χ0v) is 13.1. The molecule has 0 radical (unpaired) electrons. The van der Waals surface area contributed by atoms with Crippen molar-refractivity contribution in [1.82, 2.24) is 5.32 Å². The maximum atomic E-state index is 13.5. The summed E-state index contributed by atoms with van der Waals surface area (Å²) in [6, 6.07) is 11.4. The van der Waals surface area contributed by atoms with Gasteiger partial charge in [-0.3, -0.25) is 10.1 Å². The van der Waals surface area contributed by atoms with Gasteiger partial charge < -0.3 is 15.8 Å². The van der Waals surface area contributed by atoms with Crippen molar-refractivity contribution in [1.29, 1.82) is 0 Å². The fourth-order valence-corrected chi connectivity index (χ4v) is 1.98. The average molecular weight is 345 g/mol. The Hall–Kier alpha value is -3.42. The minimum atomic E-state index is -0.871. The van der Waals surface area contributed by atoms with Crippen molar-refractivity contribution in [2.75, 3.05) is 12.3 Å². The third-order valence-corrected chi connectivity index (χ3v) is 3.21. The molecule has 0 saturated heterocycles. The Morgan fingerprint density at radius 2 is 2.04 bits per heavy atom. The van der Waals surface area contributed by atoms with Gasteiger partial charge in [0.2, 0.25) is 0 Å². The number of nitrogens with zero attached hydrogens (tertiary/aromatic N) is 1. The number of amides is 1. The molecule has 0 aromatic heterocycles. The first-order chi connectivity index (χ1) is 12.0. The zero-order valence-electron chi connectivity index (χ0n) is 13.1. The third-order valence-electron chi connectivity index (χ3n) is 3.21. The number of carbonyl (C=O) groups excluding carboxylic acids is 1. The number of nitrogens with two attached hydrogens (primary N) is 1. The number of halogens is 1. The second kappa shape index (κ2) is 8.44. The Balaban J connectivity index is 1.85. The molecule has 130 valence electrons. The molecule has 0 bridgehead atoms. The highest BCUT2D eigenvalue weighted by Gasteiger charge is 2.16. The van der Waals surface area contributed by atoms with E-state index in [9.17, 15) is 19.3 Å². The highest BCUT2D eigenvalue weighted by atomic mass is 19.1. The van der Waals surface area contributed by atoms with Crippen molar-refractivity contribution in [2.24, 2.45) is 0 Å². The number of rotatable bonds is 6. The van der Waals surface area contributed by atoms with E-state index in [4.69, 9.17) is 10.5 Å². The maximum Gasteiger partial charge on any atom is 0.407 e. The number of alkyl carbamates (subject to hydrolysis) is 1. The van der Waals surface area contributed by atoms with Crippen molar-refractivity contribution in [3.8, 4) is 0 Å². The van der Waals surface area contributed by atoms with E-state index in [1.54, 1.807) is 0 Å². The lowest BCUT2D eigenvalue weighted by Gasteiger charge is -2.05. The van der Waals surface area contributed by atoms with Crippen LogP contribution in [0, 0.1) is 15.9 Å². The summed E-state index contributed by atoms with van der Waals surface area (Å²) in [4.78, 5) is 21.6. The van der Waals surface area contributed by atoms with Gasteiger partial charge in [-0.1, -0.05) is 42.5 Å². The number of nitrogen functional groups attached to an aromatic ring is 1. The summed E-state index contributed by atoms with van der Waals surface area (Å²) < 4.78 is 18.6. The Morgan fingerprint density at radius 3 is 2.72 bits per heavy atom. The molecule has 25 heavy (non-hydrogen) atoms. The van der Waals surface area contributed by atoms with E-state index in [0.717, 1.165) is 17.7 Å². The first kappa shape index (κ1) is 17.9. The molecule has 7 nitrogen and oxygen atoms in total. The van der Waals surface area contributed by atoms with Gasteiger partial charge in [0.1, 0.15) is 12.3 Å². The van der Waals surface area contributed by atoms with Crippen molar-refractivity contribution in [2.45, 2.75) is 6.61 Å². The van der Waals surface area contributed by atoms with Crippen molar-refractivity contribution < 1.29 is 18.8 Å². The highest BCUT2D eigenvalue weighted by molar-refractivity contribution is 5.68. The van der Waals surface area contributed by atoms with Gasteiger partial charge in [0.15, 0.2) is 5.82 Å². The molecule has 2 aromatic carbocycles. The van der Waals surface area contributed by atoms with Gasteiger partial charge in [-0.15, -0.1) is 0 Å². The lowest BCUT2D eigenvalue weighted by molar-refractivity contribution is -0.384. The highest BCUT2D eigenvalue weighted by Crippen LogP contribution is 2.26. The van der Waals surface area contributed by atoms with E-state index < -0.39 is 28.2 Å². The normalized spacial score (nSPS) is 10.6. The molecule has 0 aliphatic rings. The van der Waals surface area contributed by atoms with Crippen LogP contribution in [0.15, 0.2) is 48.5 Å². The second-order valence-corrected chi connectivity index (χ2v) is 5.04. The molecule has 2 rings (SSSR count). The topological polar surface area (TPSA) is 107 Å². The lowest BCUT2D eigenvalue weighted by Crippen LogP contribution is -2.24. The van der Waals surface area contributed by atoms with Crippen LogP contribution in [-0.4, -0.2) is 17.6 Å². The number of nitrogens with one attached hydrogen (secondary N) is 1. The number of carbonyl (C=O) groups is 1. The monoisotopic (exact) mass is 345 g/mol. The van der Waals surface area contributed by atoms with Gasteiger partial charge in [0, 0.05) is 12.6 Å². The minimum Gasteiger partial charge on any atom is -0.445 e. The predicted octanol–water partition coefficient (Wildman–Crippen LogP) is 3.26. The van der Waals surface area contributed by atoms with Crippen LogP contribution in [0.4, 0.5) is 20.6 Å². The fourth-order valence-electron chi connectivity index (χ4n) is 1.98. The molecule has 0 aliphatic carbocycles. The number of hydrogen-bond acceptors (Lipinski definition) is 5. The summed E-state index contributed by atoms with van der Waals surface area (Å²) in [5, 5.41) is 13.3. The van der Waals surface area contributed by atoms with Crippen LogP contribution in [0.3, 0.4) is 0 Å². The predicted molar refractivity (Wildman–Crippen MR) is 91.1 cm³/mol. The second-order valence-electron chi connectivity index (χ2n) is 5.04. The molecule has 0 unspecified atom stereocenters. The molecule has 0 atom stereocenters. The summed E-state index contributed by atoms with van der Waals surface area (Å²) >= 11 is 0. The van der Waals surface area contributed by atoms with E-state index in [2.05, 4.69) is 5.32 Å². The van der Waals surface area contributed by atoms with Crippen LogP contribution in [-0.2, 0) is 11.3 Å². The average Bonchev–Trinajstić information content (AvgIpc) is 2.60. The molecule has 0 aliphatic heterocycles. The minimum absolute atomic E-state index is 0.118. The van der Waals surface area contributed by atoms with Crippen LogP contribution in [0.5, 0.6) is 0 Å². The van der Waals surface area contributed by atoms with Crippen LogP contribution in [0.1, 0.15) is 11.1 Å². The van der Waals surface area contributed by atoms with E-state index >= 15 is 0 Å². The molecule has 0 fully saturated rings. The van der Waals surface area contributed by atoms with Gasteiger partial charge >= 0.3 is 6.09 Å². The Bertz CT molecular complexity index is 794. The summed E-state index contributed by atoms with van der Waals surface area (Å²) in [6.07, 6.45) is 2.34. The summed E-state index contributed by atoms with van der Waals surface area (Å²) in [7, 11) is 0. The van der Waals surface area contributed by atoms with Crippen molar-refractivity contribution in [3.05, 3.63) is 75.6 Å². The number of anilines is 1. The van der Waals surface area contributed by atoms with Crippen molar-refractivity contribution >= 4 is 23.5 Å². The lowest BCUT2D eigenvalue weighted by atomic mass is 10.1. The molecule has 0 saturated carbocycles. The SMILES string of the molecule is Nc1c(F)cc(C=CCNC(=O)OCc2ccccc2)cc1[N+](=O)[O-]. The number of benzene rings is 2. The number of ether oxygens (including phenoxy) is 1. The van der Waals surface area contributed by atoms with E-state index in [1.807, 2.05) is 30.3 Å².